The monoisotopic (exact) mass is 443 g/mol. The number of aliphatic hydroxyl groups excluding tert-OH is 1. The van der Waals surface area contributed by atoms with Crippen molar-refractivity contribution in [2.75, 3.05) is 11.9 Å². The van der Waals surface area contributed by atoms with Crippen LogP contribution in [0.3, 0.4) is 0 Å². The highest BCUT2D eigenvalue weighted by atomic mass is 16.5. The molecule has 0 radical (unpaired) electrons. The molecule has 0 fully saturated rings. The molecule has 4 rings (SSSR count). The highest BCUT2D eigenvalue weighted by Crippen LogP contribution is 2.22. The zero-order valence-corrected chi connectivity index (χ0v) is 17.9. The van der Waals surface area contributed by atoms with Gasteiger partial charge in [-0.25, -0.2) is 0 Å². The van der Waals surface area contributed by atoms with Gasteiger partial charge in [0.2, 0.25) is 5.91 Å². The van der Waals surface area contributed by atoms with E-state index in [4.69, 9.17) is 4.74 Å². The third kappa shape index (κ3) is 5.91. The summed E-state index contributed by atoms with van der Waals surface area (Å²) in [7, 11) is 0. The van der Waals surface area contributed by atoms with Gasteiger partial charge in [0, 0.05) is 23.6 Å². The van der Waals surface area contributed by atoms with Crippen LogP contribution >= 0.6 is 0 Å². The quantitative estimate of drug-likeness (QED) is 0.487. The van der Waals surface area contributed by atoms with Gasteiger partial charge in [0.25, 0.3) is 5.91 Å². The van der Waals surface area contributed by atoms with Gasteiger partial charge in [-0.15, -0.1) is 0 Å². The summed E-state index contributed by atoms with van der Waals surface area (Å²) in [5, 5.41) is 15.4. The molecule has 7 heteroatoms. The normalized spacial score (nSPS) is 19.6. The zero-order valence-electron chi connectivity index (χ0n) is 17.9. The number of carbonyl (C=O) groups excluding carboxylic acids is 2. The van der Waals surface area contributed by atoms with Crippen LogP contribution in [0.4, 0.5) is 5.69 Å². The van der Waals surface area contributed by atoms with Crippen LogP contribution in [0.2, 0.25) is 0 Å². The number of pyridine rings is 1. The Morgan fingerprint density at radius 1 is 0.909 bits per heavy atom. The number of rotatable bonds is 7. The Kier molecular flexibility index (Phi) is 7.24. The zero-order chi connectivity index (χ0) is 23.0. The molecular weight excluding hydrogens is 418 g/mol. The van der Waals surface area contributed by atoms with E-state index in [1.807, 2.05) is 54.6 Å². The molecule has 3 atom stereocenters. The maximum absolute atomic E-state index is 12.5. The largest absolute Gasteiger partial charge is 0.394 e. The van der Waals surface area contributed by atoms with Crippen molar-refractivity contribution in [2.24, 2.45) is 0 Å². The summed E-state index contributed by atoms with van der Waals surface area (Å²) in [4.78, 5) is 28.8. The predicted octanol–water partition coefficient (Wildman–Crippen LogP) is 3.19. The minimum atomic E-state index is -0.649. The number of benzene rings is 2. The lowest BCUT2D eigenvalue weighted by Gasteiger charge is -2.31. The summed E-state index contributed by atoms with van der Waals surface area (Å²) >= 11 is 0. The molecule has 3 N–H and O–H groups in total. The van der Waals surface area contributed by atoms with Crippen LogP contribution in [0.1, 0.15) is 16.8 Å². The van der Waals surface area contributed by atoms with E-state index in [1.165, 1.54) is 12.4 Å². The lowest BCUT2D eigenvalue weighted by Crippen LogP contribution is -2.48. The highest BCUT2D eigenvalue weighted by Gasteiger charge is 2.29. The third-order valence-corrected chi connectivity index (χ3v) is 5.37. The number of ether oxygens (including phenoxy) is 1. The molecule has 1 aliphatic rings. The Morgan fingerprint density at radius 2 is 1.61 bits per heavy atom. The minimum Gasteiger partial charge on any atom is -0.394 e. The van der Waals surface area contributed by atoms with Gasteiger partial charge < -0.3 is 20.5 Å². The third-order valence-electron chi connectivity index (χ3n) is 5.37. The summed E-state index contributed by atoms with van der Waals surface area (Å²) < 4.78 is 5.85. The van der Waals surface area contributed by atoms with Crippen molar-refractivity contribution >= 4 is 17.5 Å². The summed E-state index contributed by atoms with van der Waals surface area (Å²) in [6, 6.07) is 20.4. The predicted molar refractivity (Wildman–Crippen MR) is 126 cm³/mol. The molecule has 1 aliphatic heterocycles. The van der Waals surface area contributed by atoms with Gasteiger partial charge in [0.15, 0.2) is 0 Å². The fraction of sp³-hybridized carbons (Fsp3) is 0.192. The molecule has 0 bridgehead atoms. The first-order valence-electron chi connectivity index (χ1n) is 10.7. The van der Waals surface area contributed by atoms with E-state index >= 15 is 0 Å². The van der Waals surface area contributed by atoms with Crippen LogP contribution in [-0.4, -0.2) is 46.8 Å². The second kappa shape index (κ2) is 10.7. The topological polar surface area (TPSA) is 101 Å². The minimum absolute atomic E-state index is 0.0957. The molecule has 1 aromatic heterocycles. The van der Waals surface area contributed by atoms with Crippen LogP contribution in [0.5, 0.6) is 0 Å². The molecule has 2 heterocycles. The summed E-state index contributed by atoms with van der Waals surface area (Å²) in [5.74, 6) is -0.489. The van der Waals surface area contributed by atoms with Gasteiger partial charge in [-0.1, -0.05) is 54.6 Å². The SMILES string of the molecule is O=C(C[C@@H]1C=C[C@@H](NC(=O)c2ccncc2)[C@@H](CO)O1)Nc1ccc(-c2ccccc2)cc1. The van der Waals surface area contributed by atoms with Crippen molar-refractivity contribution < 1.29 is 19.4 Å². The molecule has 0 spiro atoms. The van der Waals surface area contributed by atoms with Gasteiger partial charge in [-0.05, 0) is 35.4 Å². The molecule has 2 aromatic carbocycles. The number of nitrogens with zero attached hydrogens (tertiary/aromatic N) is 1. The standard InChI is InChI=1S/C26H25N3O4/c30-17-24-23(29-26(32)20-12-14-27-15-13-20)11-10-22(33-24)16-25(31)28-21-8-6-19(7-9-21)18-4-2-1-3-5-18/h1-15,22-24,30H,16-17H2,(H,28,31)(H,29,32)/t22-,23+,24+/m0/s1. The number of amides is 2. The Morgan fingerprint density at radius 3 is 2.30 bits per heavy atom. The first-order chi connectivity index (χ1) is 16.1. The van der Waals surface area contributed by atoms with Gasteiger partial charge in [0.05, 0.1) is 25.2 Å². The van der Waals surface area contributed by atoms with Crippen molar-refractivity contribution in [3.05, 3.63) is 96.8 Å². The van der Waals surface area contributed by atoms with Gasteiger partial charge in [0.1, 0.15) is 6.10 Å². The van der Waals surface area contributed by atoms with E-state index in [0.717, 1.165) is 11.1 Å². The van der Waals surface area contributed by atoms with Gasteiger partial charge in [-0.3, -0.25) is 14.6 Å². The highest BCUT2D eigenvalue weighted by molar-refractivity contribution is 5.94. The molecule has 2 amide bonds. The van der Waals surface area contributed by atoms with E-state index in [1.54, 1.807) is 24.3 Å². The molecule has 168 valence electrons. The maximum atomic E-state index is 12.5. The Hall–Kier alpha value is -3.81. The Labute approximate surface area is 192 Å². The number of anilines is 1. The molecule has 0 saturated carbocycles. The number of aromatic nitrogens is 1. The lowest BCUT2D eigenvalue weighted by atomic mass is 10.0. The van der Waals surface area contributed by atoms with Gasteiger partial charge in [-0.2, -0.15) is 0 Å². The van der Waals surface area contributed by atoms with E-state index in [-0.39, 0.29) is 24.8 Å². The van der Waals surface area contributed by atoms with E-state index in [0.29, 0.717) is 11.3 Å². The van der Waals surface area contributed by atoms with Crippen molar-refractivity contribution in [1.29, 1.82) is 0 Å². The first kappa shape index (κ1) is 22.4. The average molecular weight is 444 g/mol. The fourth-order valence-corrected chi connectivity index (χ4v) is 3.65. The van der Waals surface area contributed by atoms with Crippen molar-refractivity contribution in [1.82, 2.24) is 10.3 Å². The van der Waals surface area contributed by atoms with Gasteiger partial charge >= 0.3 is 0 Å². The number of hydrogen-bond donors (Lipinski definition) is 3. The van der Waals surface area contributed by atoms with Crippen molar-refractivity contribution in [2.45, 2.75) is 24.7 Å². The number of carbonyl (C=O) groups is 2. The van der Waals surface area contributed by atoms with E-state index in [9.17, 15) is 14.7 Å². The molecule has 0 saturated heterocycles. The molecule has 7 nitrogen and oxygen atoms in total. The molecule has 0 unspecified atom stereocenters. The lowest BCUT2D eigenvalue weighted by molar-refractivity contribution is -0.120. The number of nitrogens with one attached hydrogen (secondary N) is 2. The number of hydrogen-bond acceptors (Lipinski definition) is 5. The van der Waals surface area contributed by atoms with Crippen molar-refractivity contribution in [3.63, 3.8) is 0 Å². The fourth-order valence-electron chi connectivity index (χ4n) is 3.65. The number of aliphatic hydroxyl groups is 1. The molecule has 0 aliphatic carbocycles. The van der Waals surface area contributed by atoms with E-state index in [2.05, 4.69) is 15.6 Å². The van der Waals surface area contributed by atoms with Crippen LogP contribution in [0, 0.1) is 0 Å². The molecular formula is C26H25N3O4. The maximum Gasteiger partial charge on any atom is 0.251 e. The van der Waals surface area contributed by atoms with E-state index < -0.39 is 18.2 Å². The van der Waals surface area contributed by atoms with Crippen LogP contribution in [0.25, 0.3) is 11.1 Å². The summed E-state index contributed by atoms with van der Waals surface area (Å²) in [6.07, 6.45) is 5.52. The average Bonchev–Trinajstić information content (AvgIpc) is 2.86. The second-order valence-corrected chi connectivity index (χ2v) is 7.71. The van der Waals surface area contributed by atoms with Crippen molar-refractivity contribution in [3.8, 4) is 11.1 Å². The second-order valence-electron chi connectivity index (χ2n) is 7.71. The Balaban J connectivity index is 1.32. The van der Waals surface area contributed by atoms with Crippen LogP contribution in [-0.2, 0) is 9.53 Å². The summed E-state index contributed by atoms with van der Waals surface area (Å²) in [5.41, 5.74) is 3.34. The van der Waals surface area contributed by atoms with Crippen LogP contribution in [0.15, 0.2) is 91.3 Å². The summed E-state index contributed by atoms with van der Waals surface area (Å²) in [6.45, 7) is -0.287. The molecule has 33 heavy (non-hydrogen) atoms. The molecule has 3 aromatic rings. The smallest absolute Gasteiger partial charge is 0.251 e. The first-order valence-corrected chi connectivity index (χ1v) is 10.7. The van der Waals surface area contributed by atoms with Crippen LogP contribution < -0.4 is 10.6 Å². The Bertz CT molecular complexity index is 1100.